The molecule has 0 aliphatic heterocycles. The zero-order valence-corrected chi connectivity index (χ0v) is 16.0. The summed E-state index contributed by atoms with van der Waals surface area (Å²) in [6.45, 7) is 2.00. The molecule has 0 unspecified atom stereocenters. The average molecular weight is 389 g/mol. The van der Waals surface area contributed by atoms with Crippen molar-refractivity contribution in [2.75, 3.05) is 17.6 Å². The molecule has 0 spiro atoms. The molecular weight excluding hydrogens is 366 g/mol. The van der Waals surface area contributed by atoms with Gasteiger partial charge in [0, 0.05) is 25.6 Å². The standard InChI is InChI=1S/C18H23N5O3S/c1-14(24)27-11-18(26)20-10-4-2-3-5-17(25)22-15-6-8-16(9-7-15)23-13-19-12-21-23/h6-9,12-13H,2-5,10-11H2,1H3,(H,20,26)(H,22,25). The molecule has 144 valence electrons. The predicted molar refractivity (Wildman–Crippen MR) is 105 cm³/mol. The number of hydrogen-bond acceptors (Lipinski definition) is 6. The van der Waals surface area contributed by atoms with Gasteiger partial charge < -0.3 is 10.6 Å². The van der Waals surface area contributed by atoms with Gasteiger partial charge in [0.25, 0.3) is 0 Å². The van der Waals surface area contributed by atoms with Crippen LogP contribution in [0.15, 0.2) is 36.9 Å². The van der Waals surface area contributed by atoms with E-state index in [2.05, 4.69) is 20.7 Å². The van der Waals surface area contributed by atoms with Gasteiger partial charge in [0.1, 0.15) is 12.7 Å². The maximum atomic E-state index is 12.0. The van der Waals surface area contributed by atoms with Gasteiger partial charge in [-0.3, -0.25) is 14.4 Å². The number of aromatic nitrogens is 3. The number of benzene rings is 1. The maximum Gasteiger partial charge on any atom is 0.230 e. The number of hydrogen-bond donors (Lipinski definition) is 2. The fourth-order valence-corrected chi connectivity index (χ4v) is 2.73. The van der Waals surface area contributed by atoms with Crippen LogP contribution in [-0.4, -0.2) is 44.0 Å². The van der Waals surface area contributed by atoms with Crippen LogP contribution in [0.3, 0.4) is 0 Å². The highest BCUT2D eigenvalue weighted by atomic mass is 32.2. The minimum atomic E-state index is -0.137. The lowest BCUT2D eigenvalue weighted by Crippen LogP contribution is -2.26. The summed E-state index contributed by atoms with van der Waals surface area (Å²) in [5.74, 6) is -0.0133. The minimum Gasteiger partial charge on any atom is -0.355 e. The third-order valence-electron chi connectivity index (χ3n) is 3.64. The number of thioether (sulfide) groups is 1. The van der Waals surface area contributed by atoms with Crippen LogP contribution in [0.1, 0.15) is 32.6 Å². The van der Waals surface area contributed by atoms with Gasteiger partial charge in [0.05, 0.1) is 11.4 Å². The predicted octanol–water partition coefficient (Wildman–Crippen LogP) is 2.16. The van der Waals surface area contributed by atoms with Crippen LogP contribution in [0.2, 0.25) is 0 Å². The second-order valence-electron chi connectivity index (χ2n) is 5.88. The van der Waals surface area contributed by atoms with Gasteiger partial charge in [0.15, 0.2) is 5.12 Å². The zero-order chi connectivity index (χ0) is 19.5. The number of amides is 2. The maximum absolute atomic E-state index is 12.0. The van der Waals surface area contributed by atoms with E-state index in [9.17, 15) is 14.4 Å². The van der Waals surface area contributed by atoms with E-state index in [1.807, 2.05) is 24.3 Å². The Morgan fingerprint density at radius 2 is 1.85 bits per heavy atom. The lowest BCUT2D eigenvalue weighted by Gasteiger charge is -2.07. The van der Waals surface area contributed by atoms with Crippen LogP contribution in [0.4, 0.5) is 5.69 Å². The largest absolute Gasteiger partial charge is 0.355 e. The van der Waals surface area contributed by atoms with E-state index in [-0.39, 0.29) is 22.7 Å². The van der Waals surface area contributed by atoms with Crippen molar-refractivity contribution in [2.45, 2.75) is 32.6 Å². The second-order valence-corrected chi connectivity index (χ2v) is 7.03. The summed E-state index contributed by atoms with van der Waals surface area (Å²) in [7, 11) is 0. The van der Waals surface area contributed by atoms with E-state index in [0.717, 1.165) is 42.4 Å². The number of rotatable bonds is 10. The fraction of sp³-hybridized carbons (Fsp3) is 0.389. The Bertz CT molecular complexity index is 747. The van der Waals surface area contributed by atoms with Gasteiger partial charge in [-0.15, -0.1) is 0 Å². The van der Waals surface area contributed by atoms with Crippen LogP contribution in [-0.2, 0) is 14.4 Å². The van der Waals surface area contributed by atoms with E-state index in [4.69, 9.17) is 0 Å². The third kappa shape index (κ3) is 8.04. The molecule has 2 aromatic rings. The van der Waals surface area contributed by atoms with Gasteiger partial charge in [-0.05, 0) is 37.1 Å². The molecule has 0 saturated heterocycles. The Morgan fingerprint density at radius 3 is 2.52 bits per heavy atom. The molecule has 2 N–H and O–H groups in total. The molecule has 0 aliphatic carbocycles. The Hall–Kier alpha value is -2.68. The molecule has 2 amide bonds. The molecule has 9 heteroatoms. The molecule has 27 heavy (non-hydrogen) atoms. The topological polar surface area (TPSA) is 106 Å². The summed E-state index contributed by atoms with van der Waals surface area (Å²) in [6, 6.07) is 7.36. The van der Waals surface area contributed by atoms with Crippen molar-refractivity contribution in [3.05, 3.63) is 36.9 Å². The smallest absolute Gasteiger partial charge is 0.230 e. The van der Waals surface area contributed by atoms with Gasteiger partial charge in [-0.2, -0.15) is 5.10 Å². The highest BCUT2D eigenvalue weighted by molar-refractivity contribution is 8.14. The van der Waals surface area contributed by atoms with Crippen molar-refractivity contribution < 1.29 is 14.4 Å². The first-order valence-corrected chi connectivity index (χ1v) is 9.68. The van der Waals surface area contributed by atoms with Crippen molar-refractivity contribution in [1.82, 2.24) is 20.1 Å². The van der Waals surface area contributed by atoms with Crippen molar-refractivity contribution in [3.8, 4) is 5.69 Å². The van der Waals surface area contributed by atoms with E-state index in [0.29, 0.717) is 13.0 Å². The van der Waals surface area contributed by atoms with Crippen LogP contribution in [0, 0.1) is 0 Å². The summed E-state index contributed by atoms with van der Waals surface area (Å²) < 4.78 is 1.64. The third-order valence-corrected chi connectivity index (χ3v) is 4.46. The first-order chi connectivity index (χ1) is 13.0. The molecular formula is C18H23N5O3S. The molecule has 0 radical (unpaired) electrons. The van der Waals surface area contributed by atoms with Gasteiger partial charge in [0.2, 0.25) is 11.8 Å². The molecule has 1 aromatic heterocycles. The highest BCUT2D eigenvalue weighted by Crippen LogP contribution is 2.13. The quantitative estimate of drug-likeness (QED) is 0.603. The molecule has 1 aromatic carbocycles. The Kier molecular flexibility index (Phi) is 8.50. The van der Waals surface area contributed by atoms with E-state index in [1.54, 1.807) is 11.0 Å². The molecule has 0 atom stereocenters. The summed E-state index contributed by atoms with van der Waals surface area (Å²) in [5, 5.41) is 9.60. The molecule has 1 heterocycles. The molecule has 0 saturated carbocycles. The Labute approximate surface area is 162 Å². The number of anilines is 1. The molecule has 2 rings (SSSR count). The SMILES string of the molecule is CC(=O)SCC(=O)NCCCCCC(=O)Nc1ccc(-n2cncn2)cc1. The Morgan fingerprint density at radius 1 is 1.07 bits per heavy atom. The Balaban J connectivity index is 1.57. The van der Waals surface area contributed by atoms with Crippen LogP contribution in [0.25, 0.3) is 5.69 Å². The van der Waals surface area contributed by atoms with Crippen LogP contribution < -0.4 is 10.6 Å². The first-order valence-electron chi connectivity index (χ1n) is 8.69. The van der Waals surface area contributed by atoms with Crippen molar-refractivity contribution in [1.29, 1.82) is 0 Å². The van der Waals surface area contributed by atoms with E-state index >= 15 is 0 Å². The minimum absolute atomic E-state index is 0.0367. The fourth-order valence-electron chi connectivity index (χ4n) is 2.30. The molecule has 0 bridgehead atoms. The highest BCUT2D eigenvalue weighted by Gasteiger charge is 2.05. The van der Waals surface area contributed by atoms with Crippen LogP contribution in [0.5, 0.6) is 0 Å². The van der Waals surface area contributed by atoms with Crippen LogP contribution >= 0.6 is 11.8 Å². The molecule has 0 fully saturated rings. The van der Waals surface area contributed by atoms with Crippen molar-refractivity contribution in [3.63, 3.8) is 0 Å². The van der Waals surface area contributed by atoms with E-state index < -0.39 is 0 Å². The summed E-state index contributed by atoms with van der Waals surface area (Å²) in [4.78, 5) is 38.1. The number of unbranched alkanes of at least 4 members (excludes halogenated alkanes) is 2. The normalized spacial score (nSPS) is 10.4. The zero-order valence-electron chi connectivity index (χ0n) is 15.2. The van der Waals surface area contributed by atoms with Crippen molar-refractivity contribution in [2.24, 2.45) is 0 Å². The average Bonchev–Trinajstić information content (AvgIpc) is 3.18. The summed E-state index contributed by atoms with van der Waals surface area (Å²) in [5.41, 5.74) is 1.60. The summed E-state index contributed by atoms with van der Waals surface area (Å²) >= 11 is 1.00. The van der Waals surface area contributed by atoms with Gasteiger partial charge in [-0.1, -0.05) is 18.2 Å². The lowest BCUT2D eigenvalue weighted by molar-refractivity contribution is -0.119. The van der Waals surface area contributed by atoms with Gasteiger partial charge >= 0.3 is 0 Å². The molecule has 8 nitrogen and oxygen atoms in total. The van der Waals surface area contributed by atoms with Gasteiger partial charge in [-0.25, -0.2) is 9.67 Å². The number of carbonyl (C=O) groups excluding carboxylic acids is 3. The number of nitrogens with zero attached hydrogens (tertiary/aromatic N) is 3. The second kappa shape index (κ2) is 11.1. The lowest BCUT2D eigenvalue weighted by atomic mass is 10.2. The van der Waals surface area contributed by atoms with E-state index in [1.165, 1.54) is 13.3 Å². The molecule has 0 aliphatic rings. The first kappa shape index (κ1) is 20.6. The number of carbonyl (C=O) groups is 3. The summed E-state index contributed by atoms with van der Waals surface area (Å²) in [6.07, 6.45) is 5.90. The monoisotopic (exact) mass is 389 g/mol. The number of nitrogens with one attached hydrogen (secondary N) is 2. The van der Waals surface area contributed by atoms with Crippen molar-refractivity contribution >= 4 is 34.4 Å².